The first-order valence-electron chi connectivity index (χ1n) is 16.3. The van der Waals surface area contributed by atoms with Crippen LogP contribution in [0.15, 0.2) is 49.2 Å². The van der Waals surface area contributed by atoms with Gasteiger partial charge < -0.3 is 14.6 Å². The number of fused-ring (bicyclic) bond motifs is 2. The summed E-state index contributed by atoms with van der Waals surface area (Å²) in [5, 5.41) is 25.6. The SMILES string of the molecule is CO[C@@H](c1c(C(=O)O)cnc2cc(Cl)nn12)C(C)C.CO[C@@H](c1c(CC(=O)Cc2cnc(-n3nccn3)c(C(F)(F)F)c2)cnc2cc(Cl)nn12)C(C)C. The number of carboxylic acid groups (broad SMARTS) is 1. The van der Waals surface area contributed by atoms with E-state index in [1.165, 1.54) is 40.9 Å². The predicted octanol–water partition coefficient (Wildman–Crippen LogP) is 6.50. The van der Waals surface area contributed by atoms with Crippen LogP contribution < -0.4 is 0 Å². The number of carbonyl (C=O) groups excluding carboxylic acids is 1. The van der Waals surface area contributed by atoms with Crippen LogP contribution in [-0.4, -0.2) is 80.3 Å². The number of Topliss-reactive ketones (excluding diaryl/α,β-unsaturated/α-hetero) is 1. The largest absolute Gasteiger partial charge is 0.478 e. The summed E-state index contributed by atoms with van der Waals surface area (Å²) in [6, 6.07) is 4.05. The minimum absolute atomic E-state index is 0.0319. The quantitative estimate of drug-likeness (QED) is 0.143. The summed E-state index contributed by atoms with van der Waals surface area (Å²) in [6.45, 7) is 7.79. The van der Waals surface area contributed by atoms with E-state index in [4.69, 9.17) is 32.7 Å². The number of carbonyl (C=O) groups is 2. The molecule has 0 radical (unpaired) electrons. The lowest BCUT2D eigenvalue weighted by Gasteiger charge is -2.23. The number of rotatable bonds is 12. The van der Waals surface area contributed by atoms with E-state index in [0.717, 1.165) is 10.9 Å². The number of nitrogens with zero attached hydrogens (tertiary/aromatic N) is 10. The smallest absolute Gasteiger partial charge is 0.420 e. The number of ketones is 1. The third kappa shape index (κ3) is 8.67. The Morgan fingerprint density at radius 1 is 0.796 bits per heavy atom. The number of alkyl halides is 3. The minimum atomic E-state index is -4.71. The summed E-state index contributed by atoms with van der Waals surface area (Å²) in [5.41, 5.74) is 1.73. The van der Waals surface area contributed by atoms with Crippen LogP contribution in [-0.2, 0) is 33.3 Å². The first-order valence-corrected chi connectivity index (χ1v) is 17.1. The Hall–Kier alpha value is -5.04. The van der Waals surface area contributed by atoms with Gasteiger partial charge in [0.25, 0.3) is 0 Å². The Morgan fingerprint density at radius 2 is 1.33 bits per heavy atom. The lowest BCUT2D eigenvalue weighted by Crippen LogP contribution is -2.20. The number of halogens is 5. The van der Waals surface area contributed by atoms with E-state index in [9.17, 15) is 27.9 Å². The molecule has 6 aromatic rings. The molecule has 286 valence electrons. The van der Waals surface area contributed by atoms with Gasteiger partial charge in [0.05, 0.1) is 23.8 Å². The van der Waals surface area contributed by atoms with Gasteiger partial charge in [-0.3, -0.25) is 4.79 Å². The standard InChI is InChI=1S/C22H21ClF3N7O2.C12H14ClN3O3/c1-12(2)20(35-3)19-14(11-27-18-9-17(23)31-32(18)19)8-15(34)6-13-7-16(22(24,25)26)21(28-10-13)33-29-4-5-30-33;1-6(2)11(19-3)10-7(12(17)18)5-14-9-4-8(13)15-16(9)10/h4-5,7,9-12,20H,6,8H2,1-3H3;4-6,11H,1-3H3,(H,17,18)/t20-;11-/m11/s1. The third-order valence-corrected chi connectivity index (χ3v) is 8.54. The molecule has 54 heavy (non-hydrogen) atoms. The molecule has 1 N–H and O–H groups in total. The zero-order chi connectivity index (χ0) is 39.5. The highest BCUT2D eigenvalue weighted by atomic mass is 35.5. The lowest BCUT2D eigenvalue weighted by atomic mass is 9.96. The van der Waals surface area contributed by atoms with Gasteiger partial charge in [-0.05, 0) is 23.5 Å². The summed E-state index contributed by atoms with van der Waals surface area (Å²) in [5.74, 6) is -1.75. The number of carboxylic acids is 1. The topological polar surface area (TPSA) is 177 Å². The number of aromatic nitrogens is 10. The maximum absolute atomic E-state index is 13.7. The number of hydrogen-bond acceptors (Lipinski definition) is 11. The molecule has 0 bridgehead atoms. The van der Waals surface area contributed by atoms with E-state index in [1.807, 2.05) is 27.7 Å². The molecule has 0 aliphatic heterocycles. The molecular weight excluding hydrogens is 756 g/mol. The van der Waals surface area contributed by atoms with Crippen LogP contribution in [0.3, 0.4) is 0 Å². The highest BCUT2D eigenvalue weighted by Crippen LogP contribution is 2.34. The summed E-state index contributed by atoms with van der Waals surface area (Å²) in [4.78, 5) is 37.3. The number of ether oxygens (including phenoxy) is 2. The van der Waals surface area contributed by atoms with E-state index < -0.39 is 35.7 Å². The second-order valence-corrected chi connectivity index (χ2v) is 13.5. The maximum Gasteiger partial charge on any atom is 0.420 e. The fraction of sp³-hybridized carbons (Fsp3) is 0.382. The monoisotopic (exact) mass is 790 g/mol. The third-order valence-electron chi connectivity index (χ3n) is 8.18. The highest BCUT2D eigenvalue weighted by molar-refractivity contribution is 6.30. The normalized spacial score (nSPS) is 13.1. The molecule has 2 atom stereocenters. The van der Waals surface area contributed by atoms with Crippen LogP contribution in [0.2, 0.25) is 10.3 Å². The van der Waals surface area contributed by atoms with Crippen LogP contribution in [0.5, 0.6) is 0 Å². The molecule has 0 spiro atoms. The summed E-state index contributed by atoms with van der Waals surface area (Å²) < 4.78 is 55.1. The first-order chi connectivity index (χ1) is 25.5. The van der Waals surface area contributed by atoms with Gasteiger partial charge in [-0.1, -0.05) is 50.9 Å². The van der Waals surface area contributed by atoms with Crippen molar-refractivity contribution in [2.45, 2.75) is 58.9 Å². The van der Waals surface area contributed by atoms with E-state index in [2.05, 4.69) is 35.3 Å². The molecule has 0 aromatic carbocycles. The van der Waals surface area contributed by atoms with Gasteiger partial charge >= 0.3 is 12.1 Å². The maximum atomic E-state index is 13.7. The Morgan fingerprint density at radius 3 is 1.85 bits per heavy atom. The van der Waals surface area contributed by atoms with Crippen molar-refractivity contribution < 1.29 is 37.3 Å². The zero-order valence-corrected chi connectivity index (χ0v) is 31.3. The summed E-state index contributed by atoms with van der Waals surface area (Å²) >= 11 is 11.9. The number of aromatic carboxylic acids is 1. The number of methoxy groups -OCH3 is 2. The van der Waals surface area contributed by atoms with Crippen molar-refractivity contribution in [1.82, 2.24) is 49.2 Å². The van der Waals surface area contributed by atoms with Gasteiger partial charge in [0.2, 0.25) is 0 Å². The van der Waals surface area contributed by atoms with Gasteiger partial charge in [0.1, 0.15) is 29.1 Å². The summed E-state index contributed by atoms with van der Waals surface area (Å²) in [6.07, 6.45) is 0.669. The van der Waals surface area contributed by atoms with E-state index in [0.29, 0.717) is 28.2 Å². The van der Waals surface area contributed by atoms with Crippen molar-refractivity contribution >= 4 is 46.2 Å². The molecule has 0 saturated heterocycles. The van der Waals surface area contributed by atoms with Crippen molar-refractivity contribution in [2.24, 2.45) is 11.8 Å². The van der Waals surface area contributed by atoms with Crippen molar-refractivity contribution in [3.63, 3.8) is 0 Å². The molecule has 0 saturated carbocycles. The van der Waals surface area contributed by atoms with Gasteiger partial charge in [-0.15, -0.1) is 4.80 Å². The van der Waals surface area contributed by atoms with Crippen LogP contribution >= 0.6 is 23.2 Å². The van der Waals surface area contributed by atoms with E-state index in [-0.39, 0.29) is 51.9 Å². The molecular formula is C34H35Cl2F3N10O5. The van der Waals surface area contributed by atoms with Crippen molar-refractivity contribution in [3.05, 3.63) is 93.1 Å². The number of pyridine rings is 1. The first kappa shape index (κ1) is 40.2. The second kappa shape index (κ2) is 16.5. The van der Waals surface area contributed by atoms with Gasteiger partial charge in [0, 0.05) is 63.3 Å². The summed E-state index contributed by atoms with van der Waals surface area (Å²) in [7, 11) is 3.08. The van der Waals surface area contributed by atoms with E-state index >= 15 is 0 Å². The molecule has 20 heteroatoms. The molecule has 0 fully saturated rings. The molecule has 0 aliphatic rings. The predicted molar refractivity (Wildman–Crippen MR) is 189 cm³/mol. The minimum Gasteiger partial charge on any atom is -0.478 e. The fourth-order valence-corrected chi connectivity index (χ4v) is 6.30. The van der Waals surface area contributed by atoms with Crippen molar-refractivity contribution in [2.75, 3.05) is 14.2 Å². The zero-order valence-electron chi connectivity index (χ0n) is 29.8. The van der Waals surface area contributed by atoms with Gasteiger partial charge in [-0.2, -0.15) is 33.6 Å². The van der Waals surface area contributed by atoms with Crippen LogP contribution in [0.25, 0.3) is 17.1 Å². The van der Waals surface area contributed by atoms with Gasteiger partial charge in [-0.25, -0.2) is 28.8 Å². The highest BCUT2D eigenvalue weighted by Gasteiger charge is 2.36. The van der Waals surface area contributed by atoms with Crippen LogP contribution in [0.1, 0.15) is 78.3 Å². The molecule has 6 aromatic heterocycles. The van der Waals surface area contributed by atoms with E-state index in [1.54, 1.807) is 25.4 Å². The Labute approximate surface area is 316 Å². The molecule has 0 aliphatic carbocycles. The van der Waals surface area contributed by atoms with Crippen LogP contribution in [0, 0.1) is 11.8 Å². The molecule has 15 nitrogen and oxygen atoms in total. The van der Waals surface area contributed by atoms with Crippen molar-refractivity contribution in [1.29, 1.82) is 0 Å². The molecule has 6 heterocycles. The molecule has 6 rings (SSSR count). The molecule has 0 amide bonds. The molecule has 0 unspecified atom stereocenters. The van der Waals surface area contributed by atoms with Gasteiger partial charge in [0.15, 0.2) is 27.4 Å². The second-order valence-electron chi connectivity index (χ2n) is 12.7. The van der Waals surface area contributed by atoms with Crippen molar-refractivity contribution in [3.8, 4) is 5.82 Å². The average Bonchev–Trinajstić information content (AvgIpc) is 3.85. The van der Waals surface area contributed by atoms with Crippen LogP contribution in [0.4, 0.5) is 13.2 Å². The average molecular weight is 792 g/mol. The Balaban J connectivity index is 0.000000249. The lowest BCUT2D eigenvalue weighted by molar-refractivity contribution is -0.138. The Bertz CT molecular complexity index is 2280. The number of hydrogen-bond donors (Lipinski definition) is 1. The fourth-order valence-electron chi connectivity index (χ4n) is 5.95. The Kier molecular flexibility index (Phi) is 12.3.